The van der Waals surface area contributed by atoms with Crippen LogP contribution in [-0.2, 0) is 12.6 Å². The van der Waals surface area contributed by atoms with Crippen molar-refractivity contribution < 1.29 is 22.8 Å². The standard InChI is InChI=1S/C27H27F3N4O2S/c1-18-20(13-19-5-7-21(8-6-19)27(28,29)30)3-2-4-23(18)25(35)33-11-9-32(10-12-33)22-15-34(16-22)26(36)24-14-31-17-37-24/h2-8,14,17,22H,9-13,15-16H2,1H3. The normalized spacial score (nSPS) is 17.1. The largest absolute Gasteiger partial charge is 0.416 e. The number of carbonyl (C=O) groups is 2. The minimum Gasteiger partial charge on any atom is -0.336 e. The van der Waals surface area contributed by atoms with Crippen LogP contribution in [0.25, 0.3) is 0 Å². The summed E-state index contributed by atoms with van der Waals surface area (Å²) in [6.45, 7) is 6.01. The molecule has 2 aromatic carbocycles. The van der Waals surface area contributed by atoms with E-state index in [1.54, 1.807) is 11.7 Å². The van der Waals surface area contributed by atoms with Crippen LogP contribution in [0.5, 0.6) is 0 Å². The van der Waals surface area contributed by atoms with Crippen molar-refractivity contribution in [3.05, 3.63) is 86.9 Å². The molecule has 0 saturated carbocycles. The Morgan fingerprint density at radius 3 is 2.30 bits per heavy atom. The number of likely N-dealkylation sites (tertiary alicyclic amines) is 1. The first kappa shape index (κ1) is 25.4. The van der Waals surface area contributed by atoms with Crippen molar-refractivity contribution in [2.75, 3.05) is 39.3 Å². The molecule has 5 rings (SSSR count). The lowest BCUT2D eigenvalue weighted by Gasteiger charge is -2.48. The highest BCUT2D eigenvalue weighted by atomic mass is 32.1. The van der Waals surface area contributed by atoms with Crippen molar-refractivity contribution in [2.45, 2.75) is 25.6 Å². The number of benzene rings is 2. The van der Waals surface area contributed by atoms with E-state index < -0.39 is 11.7 Å². The summed E-state index contributed by atoms with van der Waals surface area (Å²) in [6.07, 6.45) is -2.30. The first-order valence-electron chi connectivity index (χ1n) is 12.2. The third kappa shape index (κ3) is 5.40. The fraction of sp³-hybridized carbons (Fsp3) is 0.370. The summed E-state index contributed by atoms with van der Waals surface area (Å²) in [5, 5.41) is 0. The molecule has 2 aliphatic heterocycles. The molecule has 2 aliphatic rings. The van der Waals surface area contributed by atoms with E-state index in [0.29, 0.717) is 49.1 Å². The summed E-state index contributed by atoms with van der Waals surface area (Å²) >= 11 is 1.35. The number of thiazole rings is 1. The minimum atomic E-state index is -4.36. The highest BCUT2D eigenvalue weighted by molar-refractivity contribution is 7.11. The highest BCUT2D eigenvalue weighted by Crippen LogP contribution is 2.30. The summed E-state index contributed by atoms with van der Waals surface area (Å²) in [4.78, 5) is 36.4. The van der Waals surface area contributed by atoms with Crippen LogP contribution in [0.1, 0.15) is 42.3 Å². The zero-order valence-electron chi connectivity index (χ0n) is 20.4. The lowest BCUT2D eigenvalue weighted by molar-refractivity contribution is -0.137. The molecule has 10 heteroatoms. The molecule has 0 atom stereocenters. The monoisotopic (exact) mass is 528 g/mol. The van der Waals surface area contributed by atoms with Crippen LogP contribution in [0, 0.1) is 6.92 Å². The zero-order valence-corrected chi connectivity index (χ0v) is 21.2. The van der Waals surface area contributed by atoms with Gasteiger partial charge in [-0.1, -0.05) is 24.3 Å². The van der Waals surface area contributed by atoms with Crippen molar-refractivity contribution in [1.29, 1.82) is 0 Å². The topological polar surface area (TPSA) is 56.8 Å². The molecule has 37 heavy (non-hydrogen) atoms. The maximum absolute atomic E-state index is 13.3. The molecule has 0 N–H and O–H groups in total. The third-order valence-corrected chi connectivity index (χ3v) is 8.02. The van der Waals surface area contributed by atoms with E-state index in [4.69, 9.17) is 0 Å². The summed E-state index contributed by atoms with van der Waals surface area (Å²) in [6, 6.07) is 11.0. The molecule has 1 aromatic heterocycles. The smallest absolute Gasteiger partial charge is 0.336 e. The predicted octanol–water partition coefficient (Wildman–Crippen LogP) is 4.34. The van der Waals surface area contributed by atoms with Gasteiger partial charge in [-0.15, -0.1) is 11.3 Å². The van der Waals surface area contributed by atoms with Crippen molar-refractivity contribution in [2.24, 2.45) is 0 Å². The van der Waals surface area contributed by atoms with Crippen LogP contribution >= 0.6 is 11.3 Å². The fourth-order valence-corrected chi connectivity index (χ4v) is 5.51. The molecule has 194 valence electrons. The van der Waals surface area contributed by atoms with Gasteiger partial charge in [0.05, 0.1) is 17.3 Å². The van der Waals surface area contributed by atoms with Gasteiger partial charge in [0.15, 0.2) is 0 Å². The molecule has 0 spiro atoms. The minimum absolute atomic E-state index is 0.0259. The van der Waals surface area contributed by atoms with E-state index in [9.17, 15) is 22.8 Å². The Kier molecular flexibility index (Phi) is 7.04. The molecular weight excluding hydrogens is 501 g/mol. The van der Waals surface area contributed by atoms with Crippen molar-refractivity contribution in [3.63, 3.8) is 0 Å². The fourth-order valence-electron chi connectivity index (χ4n) is 4.93. The molecule has 0 aliphatic carbocycles. The van der Waals surface area contributed by atoms with Gasteiger partial charge in [0.25, 0.3) is 11.8 Å². The Morgan fingerprint density at radius 1 is 0.973 bits per heavy atom. The van der Waals surface area contributed by atoms with Crippen LogP contribution in [0.3, 0.4) is 0 Å². The highest BCUT2D eigenvalue weighted by Gasteiger charge is 2.37. The van der Waals surface area contributed by atoms with E-state index in [0.717, 1.165) is 41.9 Å². The van der Waals surface area contributed by atoms with Gasteiger partial charge in [0, 0.05) is 50.9 Å². The van der Waals surface area contributed by atoms with Gasteiger partial charge in [-0.3, -0.25) is 19.5 Å². The van der Waals surface area contributed by atoms with Crippen molar-refractivity contribution in [3.8, 4) is 0 Å². The summed E-state index contributed by atoms with van der Waals surface area (Å²) < 4.78 is 38.6. The Balaban J connectivity index is 1.16. The zero-order chi connectivity index (χ0) is 26.2. The van der Waals surface area contributed by atoms with Crippen LogP contribution in [-0.4, -0.2) is 76.8 Å². The van der Waals surface area contributed by atoms with E-state index >= 15 is 0 Å². The Labute approximate surface area is 217 Å². The molecule has 3 heterocycles. The maximum atomic E-state index is 13.3. The molecule has 2 saturated heterocycles. The van der Waals surface area contributed by atoms with E-state index in [1.807, 2.05) is 34.9 Å². The molecule has 0 bridgehead atoms. The summed E-state index contributed by atoms with van der Waals surface area (Å²) in [7, 11) is 0. The lowest BCUT2D eigenvalue weighted by Crippen LogP contribution is -2.64. The number of amides is 2. The van der Waals surface area contributed by atoms with Gasteiger partial charge in [-0.25, -0.2) is 0 Å². The molecular formula is C27H27F3N4O2S. The third-order valence-electron chi connectivity index (χ3n) is 7.26. The number of carbonyl (C=O) groups excluding carboxylic acids is 2. The van der Waals surface area contributed by atoms with Crippen molar-refractivity contribution >= 4 is 23.2 Å². The number of halogens is 3. The SMILES string of the molecule is Cc1c(Cc2ccc(C(F)(F)F)cc2)cccc1C(=O)N1CCN(C2CN(C(=O)c3cncs3)C2)CC1. The van der Waals surface area contributed by atoms with Crippen LogP contribution < -0.4 is 0 Å². The first-order chi connectivity index (χ1) is 17.7. The van der Waals surface area contributed by atoms with Crippen LogP contribution in [0.2, 0.25) is 0 Å². The predicted molar refractivity (Wildman–Crippen MR) is 135 cm³/mol. The average Bonchev–Trinajstić information content (AvgIpc) is 3.39. The van der Waals surface area contributed by atoms with Gasteiger partial charge in [-0.2, -0.15) is 13.2 Å². The Hall–Kier alpha value is -3.24. The second-order valence-electron chi connectivity index (χ2n) is 9.52. The van der Waals surface area contributed by atoms with Crippen LogP contribution in [0.4, 0.5) is 13.2 Å². The molecule has 0 radical (unpaired) electrons. The number of hydrogen-bond donors (Lipinski definition) is 0. The van der Waals surface area contributed by atoms with Gasteiger partial charge in [0.2, 0.25) is 0 Å². The molecule has 0 unspecified atom stereocenters. The van der Waals surface area contributed by atoms with Gasteiger partial charge in [0.1, 0.15) is 4.88 Å². The van der Waals surface area contributed by atoms with E-state index in [-0.39, 0.29) is 11.8 Å². The first-order valence-corrected chi connectivity index (χ1v) is 13.0. The molecule has 6 nitrogen and oxygen atoms in total. The summed E-state index contributed by atoms with van der Waals surface area (Å²) in [5.74, 6) is 0.00115. The number of hydrogen-bond acceptors (Lipinski definition) is 5. The quantitative estimate of drug-likeness (QED) is 0.495. The average molecular weight is 529 g/mol. The number of rotatable bonds is 5. The van der Waals surface area contributed by atoms with Gasteiger partial charge in [-0.05, 0) is 48.2 Å². The molecule has 3 aromatic rings. The Bertz CT molecular complexity index is 1260. The van der Waals surface area contributed by atoms with Crippen LogP contribution in [0.15, 0.2) is 54.2 Å². The second kappa shape index (κ2) is 10.3. The maximum Gasteiger partial charge on any atom is 0.416 e. The van der Waals surface area contributed by atoms with Gasteiger partial charge >= 0.3 is 6.18 Å². The lowest BCUT2D eigenvalue weighted by atomic mass is 9.95. The number of alkyl halides is 3. The van der Waals surface area contributed by atoms with E-state index in [1.165, 1.54) is 23.5 Å². The van der Waals surface area contributed by atoms with Gasteiger partial charge < -0.3 is 9.80 Å². The number of nitrogens with zero attached hydrogens (tertiary/aromatic N) is 4. The van der Waals surface area contributed by atoms with Crippen molar-refractivity contribution in [1.82, 2.24) is 19.7 Å². The molecule has 2 fully saturated rings. The summed E-state index contributed by atoms with van der Waals surface area (Å²) in [5.41, 5.74) is 4.15. The second-order valence-corrected chi connectivity index (χ2v) is 10.4. The number of aromatic nitrogens is 1. The molecule has 2 amide bonds. The number of piperazine rings is 1. The Morgan fingerprint density at radius 2 is 1.68 bits per heavy atom. The van der Waals surface area contributed by atoms with E-state index in [2.05, 4.69) is 9.88 Å².